The van der Waals surface area contributed by atoms with E-state index in [2.05, 4.69) is 83.3 Å². The molecule has 0 spiro atoms. The summed E-state index contributed by atoms with van der Waals surface area (Å²) in [4.78, 5) is 2.31. The van der Waals surface area contributed by atoms with Gasteiger partial charge in [-0.05, 0) is 0 Å². The fourth-order valence-electron chi connectivity index (χ4n) is 3.13. The number of alkyl halides is 1. The van der Waals surface area contributed by atoms with Gasteiger partial charge in [0.25, 0.3) is 0 Å². The van der Waals surface area contributed by atoms with Crippen LogP contribution in [0.4, 0.5) is 0 Å². The van der Waals surface area contributed by atoms with Crippen molar-refractivity contribution in [3.8, 4) is 11.1 Å². The molecule has 0 atom stereocenters. The van der Waals surface area contributed by atoms with Crippen LogP contribution in [0.3, 0.4) is 0 Å². The molecule has 1 nitrogen and oxygen atoms in total. The van der Waals surface area contributed by atoms with Crippen LogP contribution >= 0.6 is 0 Å². The maximum absolute atomic E-state index is 2.35. The maximum atomic E-state index is 2.35. The zero-order valence-corrected chi connectivity index (χ0v) is 14.8. The minimum atomic E-state index is 0.136. The van der Waals surface area contributed by atoms with Gasteiger partial charge in [-0.3, -0.25) is 0 Å². The van der Waals surface area contributed by atoms with Gasteiger partial charge in [-0.15, -0.1) is 0 Å². The monoisotopic (exact) mass is 398 g/mol. The van der Waals surface area contributed by atoms with E-state index >= 15 is 0 Å². The zero-order chi connectivity index (χ0) is 15.1. The Morgan fingerprint density at radius 1 is 0.727 bits per heavy atom. The molecule has 0 fully saturated rings. The topological polar surface area (TPSA) is 4.93 Å². The summed E-state index contributed by atoms with van der Waals surface area (Å²) in [6.45, 7) is 0. The number of para-hydroxylation sites is 1. The average molecular weight is 398 g/mol. The molecular formula is C20H17IN-. The second-order valence-electron chi connectivity index (χ2n) is 5.51. The Labute approximate surface area is 140 Å². The van der Waals surface area contributed by atoms with Gasteiger partial charge in [0.1, 0.15) is 0 Å². The van der Waals surface area contributed by atoms with Crippen LogP contribution in [-0.2, 0) is 7.05 Å². The summed E-state index contributed by atoms with van der Waals surface area (Å²) in [5.74, 6) is 0. The molecule has 1 heterocycles. The van der Waals surface area contributed by atoms with Crippen molar-refractivity contribution in [3.63, 3.8) is 0 Å². The molecule has 2 heteroatoms. The number of rotatable bonds is 2. The van der Waals surface area contributed by atoms with Gasteiger partial charge in [0, 0.05) is 0 Å². The number of nitrogens with zero attached hydrogens (tertiary/aromatic N) is 1. The van der Waals surface area contributed by atoms with Crippen molar-refractivity contribution in [1.29, 1.82) is 0 Å². The summed E-state index contributed by atoms with van der Waals surface area (Å²) < 4.78 is 3.77. The molecule has 0 aliphatic heterocycles. The summed E-state index contributed by atoms with van der Waals surface area (Å²) in [5, 5.41) is 2.67. The van der Waals surface area contributed by atoms with Crippen molar-refractivity contribution in [3.05, 3.63) is 70.3 Å². The van der Waals surface area contributed by atoms with E-state index < -0.39 is 0 Å². The molecular weight excluding hydrogens is 381 g/mol. The van der Waals surface area contributed by atoms with Crippen LogP contribution in [0.5, 0.6) is 0 Å². The third-order valence-electron chi connectivity index (χ3n) is 4.29. The van der Waals surface area contributed by atoms with Gasteiger partial charge in [0.2, 0.25) is 0 Å². The number of hydrogen-bond acceptors (Lipinski definition) is 0. The Morgan fingerprint density at radius 2 is 1.50 bits per heavy atom. The molecule has 4 aromatic rings. The van der Waals surface area contributed by atoms with Gasteiger partial charge in [-0.1, -0.05) is 0 Å². The second kappa shape index (κ2) is 5.43. The first-order valence-electron chi connectivity index (χ1n) is 7.35. The third kappa shape index (κ3) is 2.13. The predicted octanol–water partition coefficient (Wildman–Crippen LogP) is 1.89. The van der Waals surface area contributed by atoms with Crippen LogP contribution in [0, 0.1) is 3.57 Å². The van der Waals surface area contributed by atoms with Crippen molar-refractivity contribution in [2.24, 2.45) is 7.05 Å². The standard InChI is InChI=1S/C20H17IN/c1-21-16-7-5-6-14(12-16)15-10-11-20-18(13-15)17-8-3-4-9-19(17)22(20)2/h3-13H,1-2H3/q-1. The Bertz CT molecular complexity index is 982. The number of halogens is 1. The molecule has 4 rings (SSSR count). The van der Waals surface area contributed by atoms with E-state index in [9.17, 15) is 0 Å². The van der Waals surface area contributed by atoms with Gasteiger partial charge in [0.15, 0.2) is 0 Å². The van der Waals surface area contributed by atoms with Crippen molar-refractivity contribution >= 4 is 21.8 Å². The Morgan fingerprint density at radius 3 is 2.36 bits per heavy atom. The molecule has 3 aromatic carbocycles. The summed E-state index contributed by atoms with van der Waals surface area (Å²) in [6, 6.07) is 24.5. The fraction of sp³-hybridized carbons (Fsp3) is 0.100. The summed E-state index contributed by atoms with van der Waals surface area (Å²) in [6.07, 6.45) is 0. The van der Waals surface area contributed by atoms with E-state index in [1.807, 2.05) is 0 Å². The minimum absolute atomic E-state index is 0.136. The van der Waals surface area contributed by atoms with Crippen LogP contribution in [0.2, 0.25) is 0 Å². The third-order valence-corrected chi connectivity index (χ3v) is 6.21. The van der Waals surface area contributed by atoms with E-state index in [0.29, 0.717) is 0 Å². The van der Waals surface area contributed by atoms with Gasteiger partial charge < -0.3 is 0 Å². The molecule has 0 amide bonds. The average Bonchev–Trinajstić information content (AvgIpc) is 2.88. The number of fused-ring (bicyclic) bond motifs is 3. The van der Waals surface area contributed by atoms with Crippen LogP contribution < -0.4 is 21.2 Å². The number of hydrogen-bond donors (Lipinski definition) is 0. The van der Waals surface area contributed by atoms with E-state index in [1.165, 1.54) is 36.5 Å². The molecule has 1 aromatic heterocycles. The van der Waals surface area contributed by atoms with Crippen LogP contribution in [0.1, 0.15) is 0 Å². The normalized spacial score (nSPS) is 11.5. The number of aryl methyl sites for hydroxylation is 1. The molecule has 0 bridgehead atoms. The second-order valence-corrected chi connectivity index (χ2v) is 7.83. The molecule has 0 saturated heterocycles. The summed E-state index contributed by atoms with van der Waals surface area (Å²) in [5.41, 5.74) is 5.23. The van der Waals surface area contributed by atoms with E-state index in [4.69, 9.17) is 0 Å². The molecule has 0 aliphatic rings. The molecule has 0 aliphatic carbocycles. The quantitative estimate of drug-likeness (QED) is 0.359. The van der Waals surface area contributed by atoms with Crippen molar-refractivity contribution in [2.45, 2.75) is 0 Å². The van der Waals surface area contributed by atoms with E-state index in [0.717, 1.165) is 0 Å². The fourth-order valence-corrected chi connectivity index (χ4v) is 4.35. The Hall–Kier alpha value is -1.81. The summed E-state index contributed by atoms with van der Waals surface area (Å²) >= 11 is 0.136. The van der Waals surface area contributed by atoms with E-state index in [1.54, 1.807) is 0 Å². The SMILES string of the molecule is C[I-]c1cccc(-c2ccc3c(c2)c2ccccc2n3C)c1. The molecule has 0 N–H and O–H groups in total. The first kappa shape index (κ1) is 13.8. The van der Waals surface area contributed by atoms with Crippen molar-refractivity contribution in [2.75, 3.05) is 4.93 Å². The molecule has 110 valence electrons. The predicted molar refractivity (Wildman–Crippen MR) is 90.5 cm³/mol. The number of aromatic nitrogens is 1. The number of benzene rings is 3. The van der Waals surface area contributed by atoms with Gasteiger partial charge in [-0.2, -0.15) is 0 Å². The molecule has 0 unspecified atom stereocenters. The molecule has 22 heavy (non-hydrogen) atoms. The first-order chi connectivity index (χ1) is 10.8. The van der Waals surface area contributed by atoms with E-state index in [-0.39, 0.29) is 21.2 Å². The Kier molecular flexibility index (Phi) is 3.41. The van der Waals surface area contributed by atoms with Gasteiger partial charge >= 0.3 is 141 Å². The molecule has 0 radical (unpaired) electrons. The van der Waals surface area contributed by atoms with Gasteiger partial charge in [-0.25, -0.2) is 0 Å². The molecule has 0 saturated carbocycles. The van der Waals surface area contributed by atoms with Crippen LogP contribution in [-0.4, -0.2) is 9.50 Å². The van der Waals surface area contributed by atoms with Crippen LogP contribution in [0.25, 0.3) is 32.9 Å². The van der Waals surface area contributed by atoms with Gasteiger partial charge in [0.05, 0.1) is 0 Å². The zero-order valence-electron chi connectivity index (χ0n) is 12.7. The Balaban J connectivity index is 1.99. The first-order valence-corrected chi connectivity index (χ1v) is 10.6. The van der Waals surface area contributed by atoms with Crippen molar-refractivity contribution < 1.29 is 21.2 Å². The van der Waals surface area contributed by atoms with Crippen LogP contribution in [0.15, 0.2) is 66.7 Å². The summed E-state index contributed by atoms with van der Waals surface area (Å²) in [7, 11) is 2.15. The van der Waals surface area contributed by atoms with Crippen molar-refractivity contribution in [1.82, 2.24) is 4.57 Å².